The monoisotopic (exact) mass is 352 g/mol. The van der Waals surface area contributed by atoms with Gasteiger partial charge in [-0.2, -0.15) is 13.2 Å². The fourth-order valence-corrected chi connectivity index (χ4v) is 2.02. The summed E-state index contributed by atoms with van der Waals surface area (Å²) < 4.78 is 42.7. The van der Waals surface area contributed by atoms with Gasteiger partial charge < -0.3 is 15.8 Å². The fourth-order valence-electron chi connectivity index (χ4n) is 2.02. The molecule has 2 aromatic rings. The first kappa shape index (κ1) is 18.3. The van der Waals surface area contributed by atoms with Crippen LogP contribution in [0.5, 0.6) is 5.75 Å². The normalized spacial score (nSPS) is 11.0. The van der Waals surface area contributed by atoms with Gasteiger partial charge in [-0.1, -0.05) is 24.3 Å². The Kier molecular flexibility index (Phi) is 5.63. The van der Waals surface area contributed by atoms with Crippen molar-refractivity contribution >= 4 is 11.8 Å². The van der Waals surface area contributed by atoms with Crippen molar-refractivity contribution in [3.8, 4) is 5.75 Å². The first-order valence-electron chi connectivity index (χ1n) is 7.22. The highest BCUT2D eigenvalue weighted by molar-refractivity contribution is 5.97. The number of nitrogens with two attached hydrogens (primary N) is 1. The summed E-state index contributed by atoms with van der Waals surface area (Å²) in [6, 6.07) is 10.7. The number of para-hydroxylation sites is 1. The van der Waals surface area contributed by atoms with E-state index >= 15 is 0 Å². The van der Waals surface area contributed by atoms with Crippen molar-refractivity contribution in [1.29, 1.82) is 0 Å². The Balaban J connectivity index is 2.02. The minimum absolute atomic E-state index is 0.0428. The van der Waals surface area contributed by atoms with Crippen LogP contribution in [0.3, 0.4) is 0 Å². The largest absolute Gasteiger partial charge is 0.483 e. The number of primary amides is 1. The molecule has 0 atom stereocenters. The Morgan fingerprint density at radius 3 is 2.28 bits per heavy atom. The zero-order valence-electron chi connectivity index (χ0n) is 13.0. The Morgan fingerprint density at radius 2 is 1.68 bits per heavy atom. The van der Waals surface area contributed by atoms with Crippen molar-refractivity contribution < 1.29 is 27.5 Å². The maximum Gasteiger partial charge on any atom is 0.416 e. The zero-order chi connectivity index (χ0) is 18.4. The summed E-state index contributed by atoms with van der Waals surface area (Å²) in [6.45, 7) is -0.329. The molecule has 2 amide bonds. The Morgan fingerprint density at radius 1 is 1.04 bits per heavy atom. The van der Waals surface area contributed by atoms with Crippen LogP contribution in [0.2, 0.25) is 0 Å². The second-order valence-corrected chi connectivity index (χ2v) is 5.13. The van der Waals surface area contributed by atoms with Gasteiger partial charge in [-0.05, 0) is 29.8 Å². The lowest BCUT2D eigenvalue weighted by Crippen LogP contribution is -2.25. The predicted octanol–water partition coefficient (Wildman–Crippen LogP) is 2.50. The van der Waals surface area contributed by atoms with E-state index in [2.05, 4.69) is 5.32 Å². The van der Waals surface area contributed by atoms with Crippen LogP contribution in [-0.4, -0.2) is 18.4 Å². The first-order valence-corrected chi connectivity index (χ1v) is 7.22. The average Bonchev–Trinajstić information content (AvgIpc) is 2.57. The van der Waals surface area contributed by atoms with Gasteiger partial charge in [0, 0.05) is 6.54 Å². The van der Waals surface area contributed by atoms with Crippen molar-refractivity contribution in [2.45, 2.75) is 12.7 Å². The molecule has 3 N–H and O–H groups in total. The van der Waals surface area contributed by atoms with Crippen LogP contribution < -0.4 is 15.8 Å². The third-order valence-electron chi connectivity index (χ3n) is 3.24. The minimum Gasteiger partial charge on any atom is -0.483 e. The van der Waals surface area contributed by atoms with Crippen LogP contribution in [0.1, 0.15) is 21.5 Å². The highest BCUT2D eigenvalue weighted by atomic mass is 19.4. The molecular formula is C17H15F3N2O3. The lowest BCUT2D eigenvalue weighted by atomic mass is 10.1. The molecule has 0 radical (unpaired) electrons. The van der Waals surface area contributed by atoms with E-state index in [9.17, 15) is 22.8 Å². The molecule has 0 aliphatic heterocycles. The molecule has 0 saturated heterocycles. The SMILES string of the molecule is NC(=O)COc1ccccc1C(=O)NCc1ccc(C(F)(F)F)cc1. The van der Waals surface area contributed by atoms with Crippen LogP contribution >= 0.6 is 0 Å². The van der Waals surface area contributed by atoms with Crippen molar-refractivity contribution in [2.24, 2.45) is 5.73 Å². The molecule has 0 bridgehead atoms. The first-order chi connectivity index (χ1) is 11.8. The highest BCUT2D eigenvalue weighted by Crippen LogP contribution is 2.29. The summed E-state index contributed by atoms with van der Waals surface area (Å²) in [5.41, 5.74) is 4.94. The number of ether oxygens (including phenoxy) is 1. The number of hydrogen-bond acceptors (Lipinski definition) is 3. The Hall–Kier alpha value is -3.03. The second kappa shape index (κ2) is 7.69. The zero-order valence-corrected chi connectivity index (χ0v) is 13.0. The van der Waals surface area contributed by atoms with E-state index in [-0.39, 0.29) is 24.5 Å². The predicted molar refractivity (Wildman–Crippen MR) is 83.7 cm³/mol. The van der Waals surface area contributed by atoms with Crippen LogP contribution in [0, 0.1) is 0 Å². The molecule has 0 aliphatic rings. The number of carbonyl (C=O) groups is 2. The fraction of sp³-hybridized carbons (Fsp3) is 0.176. The highest BCUT2D eigenvalue weighted by Gasteiger charge is 2.29. The summed E-state index contributed by atoms with van der Waals surface area (Å²) in [5, 5.41) is 2.59. The van der Waals surface area contributed by atoms with E-state index in [4.69, 9.17) is 10.5 Å². The van der Waals surface area contributed by atoms with E-state index in [0.717, 1.165) is 12.1 Å². The number of nitrogens with one attached hydrogen (secondary N) is 1. The minimum atomic E-state index is -4.40. The standard InChI is InChI=1S/C17H15F3N2O3/c18-17(19,20)12-7-5-11(6-8-12)9-22-16(24)13-3-1-2-4-14(13)25-10-15(21)23/h1-8H,9-10H2,(H2,21,23)(H,22,24). The summed E-state index contributed by atoms with van der Waals surface area (Å²) >= 11 is 0. The van der Waals surface area contributed by atoms with E-state index in [1.54, 1.807) is 12.1 Å². The number of rotatable bonds is 6. The number of carbonyl (C=O) groups excluding carboxylic acids is 2. The molecule has 5 nitrogen and oxygen atoms in total. The van der Waals surface area contributed by atoms with Gasteiger partial charge in [0.1, 0.15) is 5.75 Å². The topological polar surface area (TPSA) is 81.4 Å². The third kappa shape index (κ3) is 5.23. The van der Waals surface area contributed by atoms with Gasteiger partial charge in [0.15, 0.2) is 6.61 Å². The van der Waals surface area contributed by atoms with Crippen molar-refractivity contribution in [1.82, 2.24) is 5.32 Å². The van der Waals surface area contributed by atoms with E-state index in [0.29, 0.717) is 5.56 Å². The van der Waals surface area contributed by atoms with E-state index in [1.807, 2.05) is 0 Å². The van der Waals surface area contributed by atoms with Gasteiger partial charge in [-0.3, -0.25) is 9.59 Å². The molecule has 25 heavy (non-hydrogen) atoms. The average molecular weight is 352 g/mol. The molecule has 0 unspecified atom stereocenters. The van der Waals surface area contributed by atoms with Crippen molar-refractivity contribution in [3.63, 3.8) is 0 Å². The molecule has 8 heteroatoms. The third-order valence-corrected chi connectivity index (χ3v) is 3.24. The molecule has 0 spiro atoms. The molecule has 0 aliphatic carbocycles. The lowest BCUT2D eigenvalue weighted by molar-refractivity contribution is -0.137. The number of halogens is 3. The molecular weight excluding hydrogens is 337 g/mol. The number of benzene rings is 2. The number of amides is 2. The second-order valence-electron chi connectivity index (χ2n) is 5.13. The molecule has 2 rings (SSSR count). The number of hydrogen-bond donors (Lipinski definition) is 2. The van der Waals surface area contributed by atoms with Gasteiger partial charge >= 0.3 is 6.18 Å². The Bertz CT molecular complexity index is 758. The molecule has 2 aromatic carbocycles. The smallest absolute Gasteiger partial charge is 0.416 e. The van der Waals surface area contributed by atoms with Crippen molar-refractivity contribution in [2.75, 3.05) is 6.61 Å². The van der Waals surface area contributed by atoms with Crippen LogP contribution in [-0.2, 0) is 17.5 Å². The maximum atomic E-state index is 12.5. The maximum absolute atomic E-state index is 12.5. The number of alkyl halides is 3. The van der Waals surface area contributed by atoms with Crippen LogP contribution in [0.4, 0.5) is 13.2 Å². The summed E-state index contributed by atoms with van der Waals surface area (Å²) in [6.07, 6.45) is -4.40. The van der Waals surface area contributed by atoms with E-state index in [1.165, 1.54) is 24.3 Å². The molecule has 0 heterocycles. The van der Waals surface area contributed by atoms with Crippen molar-refractivity contribution in [3.05, 3.63) is 65.2 Å². The quantitative estimate of drug-likeness (QED) is 0.838. The van der Waals surface area contributed by atoms with Gasteiger partial charge in [0.05, 0.1) is 11.1 Å². The van der Waals surface area contributed by atoms with Gasteiger partial charge in [0.2, 0.25) is 0 Å². The molecule has 132 valence electrons. The van der Waals surface area contributed by atoms with Gasteiger partial charge in [-0.15, -0.1) is 0 Å². The van der Waals surface area contributed by atoms with Crippen LogP contribution in [0.15, 0.2) is 48.5 Å². The van der Waals surface area contributed by atoms with E-state index < -0.39 is 23.6 Å². The lowest BCUT2D eigenvalue weighted by Gasteiger charge is -2.11. The summed E-state index contributed by atoms with van der Waals surface area (Å²) in [4.78, 5) is 23.0. The van der Waals surface area contributed by atoms with Gasteiger partial charge in [0.25, 0.3) is 11.8 Å². The summed E-state index contributed by atoms with van der Waals surface area (Å²) in [5.74, 6) is -0.980. The Labute approximate surface area is 141 Å². The summed E-state index contributed by atoms with van der Waals surface area (Å²) in [7, 11) is 0. The molecule has 0 aromatic heterocycles. The van der Waals surface area contributed by atoms with Crippen LogP contribution in [0.25, 0.3) is 0 Å². The molecule has 0 fully saturated rings. The van der Waals surface area contributed by atoms with Gasteiger partial charge in [-0.25, -0.2) is 0 Å². The molecule has 0 saturated carbocycles.